The maximum Gasteiger partial charge on any atom is 0.251 e. The number of amides is 3. The lowest BCUT2D eigenvalue weighted by atomic mass is 9.89. The number of guanidine groups is 2. The first-order chi connectivity index (χ1) is 18.1. The molecule has 3 heterocycles. The van der Waals surface area contributed by atoms with Crippen LogP contribution in [0, 0.1) is 10.8 Å². The predicted molar refractivity (Wildman–Crippen MR) is 136 cm³/mol. The quantitative estimate of drug-likeness (QED) is 0.155. The van der Waals surface area contributed by atoms with Crippen LogP contribution in [0.4, 0.5) is 0 Å². The molecule has 0 radical (unpaired) electrons. The van der Waals surface area contributed by atoms with E-state index in [1.54, 1.807) is 13.0 Å². The predicted octanol–water partition coefficient (Wildman–Crippen LogP) is -1.46. The minimum absolute atomic E-state index is 0.00683. The van der Waals surface area contributed by atoms with Gasteiger partial charge in [0.2, 0.25) is 11.8 Å². The smallest absolute Gasteiger partial charge is 0.251 e. The summed E-state index contributed by atoms with van der Waals surface area (Å²) in [5.74, 6) is -1.33. The highest BCUT2D eigenvalue weighted by Gasteiger charge is 2.61. The van der Waals surface area contributed by atoms with Gasteiger partial charge < -0.3 is 36.4 Å². The minimum Gasteiger partial charge on any atom is -0.365 e. The molecule has 3 amide bonds. The van der Waals surface area contributed by atoms with Crippen molar-refractivity contribution >= 4 is 29.6 Å². The Morgan fingerprint density at radius 2 is 1.79 bits per heavy atom. The summed E-state index contributed by atoms with van der Waals surface area (Å²) in [5.41, 5.74) is 1.25. The molecule has 0 aromatic heterocycles. The van der Waals surface area contributed by atoms with Crippen molar-refractivity contribution < 1.29 is 24.6 Å². The number of carbonyl (C=O) groups excluding carboxylic acids is 3. The number of hydrogen-bond donors (Lipinski definition) is 8. The lowest BCUT2D eigenvalue weighted by Crippen LogP contribution is -2.81. The average Bonchev–Trinajstić information content (AvgIpc) is 3.40. The zero-order valence-electron chi connectivity index (χ0n) is 21.2. The second-order valence-electron chi connectivity index (χ2n) is 10.5. The number of likely N-dealkylation sites (tertiary alicyclic amines) is 1. The Labute approximate surface area is 220 Å². The zero-order chi connectivity index (χ0) is 27.2. The van der Waals surface area contributed by atoms with Crippen molar-refractivity contribution in [2.24, 2.45) is 0 Å². The highest BCUT2D eigenvalue weighted by Crippen LogP contribution is 2.31. The monoisotopic (exact) mass is 526 g/mol. The van der Waals surface area contributed by atoms with Crippen LogP contribution in [-0.4, -0.2) is 92.8 Å². The highest BCUT2D eigenvalue weighted by atomic mass is 16.5. The van der Waals surface area contributed by atoms with E-state index in [4.69, 9.17) is 10.8 Å². The van der Waals surface area contributed by atoms with E-state index in [2.05, 4.69) is 21.3 Å². The molecule has 5 rings (SSSR count). The van der Waals surface area contributed by atoms with Gasteiger partial charge in [0, 0.05) is 31.0 Å². The highest BCUT2D eigenvalue weighted by molar-refractivity contribution is 6.02. The molecule has 13 nitrogen and oxygen atoms in total. The Kier molecular flexibility index (Phi) is 6.73. The normalized spacial score (nSPS) is 27.5. The number of carbonyl (C=O) groups is 3. The van der Waals surface area contributed by atoms with Crippen LogP contribution in [0.5, 0.6) is 0 Å². The van der Waals surface area contributed by atoms with Crippen molar-refractivity contribution in [3.8, 4) is 0 Å². The molecule has 2 unspecified atom stereocenters. The first kappa shape index (κ1) is 25.9. The van der Waals surface area contributed by atoms with E-state index < -0.39 is 30.1 Å². The second-order valence-corrected chi connectivity index (χ2v) is 10.5. The van der Waals surface area contributed by atoms with Crippen LogP contribution >= 0.6 is 0 Å². The van der Waals surface area contributed by atoms with Crippen LogP contribution in [0.2, 0.25) is 0 Å². The third-order valence-electron chi connectivity index (χ3n) is 7.91. The fourth-order valence-corrected chi connectivity index (χ4v) is 6.03. The molecule has 1 aliphatic carbocycles. The molecule has 13 heteroatoms. The van der Waals surface area contributed by atoms with E-state index in [-0.39, 0.29) is 55.6 Å². The van der Waals surface area contributed by atoms with Gasteiger partial charge in [-0.2, -0.15) is 0 Å². The number of nitrogens with zero attached hydrogens (tertiary/aromatic N) is 2. The number of fused-ring (bicyclic) bond motifs is 2. The lowest BCUT2D eigenvalue weighted by molar-refractivity contribution is -0.160. The van der Waals surface area contributed by atoms with E-state index in [9.17, 15) is 24.6 Å². The Bertz CT molecular complexity index is 1170. The van der Waals surface area contributed by atoms with Gasteiger partial charge >= 0.3 is 0 Å². The van der Waals surface area contributed by atoms with Crippen LogP contribution < -0.4 is 21.3 Å². The Morgan fingerprint density at radius 1 is 1.11 bits per heavy atom. The third kappa shape index (κ3) is 4.45. The molecule has 0 saturated carbocycles. The van der Waals surface area contributed by atoms with Gasteiger partial charge in [0.05, 0.1) is 18.6 Å². The molecule has 4 aliphatic rings. The molecule has 1 aromatic rings. The minimum atomic E-state index is -2.05. The molecule has 204 valence electrons. The van der Waals surface area contributed by atoms with Crippen LogP contribution in [0.15, 0.2) is 18.2 Å². The Morgan fingerprint density at radius 3 is 2.47 bits per heavy atom. The number of aryl methyl sites for hydroxylation is 2. The van der Waals surface area contributed by atoms with Crippen LogP contribution in [-0.2, 0) is 22.4 Å². The summed E-state index contributed by atoms with van der Waals surface area (Å²) in [7, 11) is 0. The molecule has 3 aliphatic heterocycles. The van der Waals surface area contributed by atoms with Gasteiger partial charge in [-0.15, -0.1) is 0 Å². The SMILES string of the molecule is CC(CN1C(=N)N[C@@H](CN2C(=O)CCC2=O)C2NC(=N)N[C@]21C(O)O)NC(=O)c1ccc2c(c1)CCCC2. The van der Waals surface area contributed by atoms with Gasteiger partial charge in [-0.3, -0.25) is 30.1 Å². The summed E-state index contributed by atoms with van der Waals surface area (Å²) >= 11 is 0. The number of aliphatic hydroxyl groups is 2. The molecule has 3 saturated heterocycles. The number of nitrogens with one attached hydrogen (secondary N) is 6. The summed E-state index contributed by atoms with van der Waals surface area (Å²) in [5, 5.41) is 49.5. The third-order valence-corrected chi connectivity index (χ3v) is 7.91. The van der Waals surface area contributed by atoms with Crippen LogP contribution in [0.25, 0.3) is 0 Å². The van der Waals surface area contributed by atoms with Crippen molar-refractivity contribution in [2.45, 2.75) is 75.5 Å². The second kappa shape index (κ2) is 9.87. The first-order valence-corrected chi connectivity index (χ1v) is 13.0. The zero-order valence-corrected chi connectivity index (χ0v) is 21.2. The largest absolute Gasteiger partial charge is 0.365 e. The molecule has 0 spiro atoms. The maximum absolute atomic E-state index is 13.0. The van der Waals surface area contributed by atoms with Crippen molar-refractivity contribution in [3.05, 3.63) is 34.9 Å². The lowest BCUT2D eigenvalue weighted by Gasteiger charge is -2.53. The molecule has 1 aromatic carbocycles. The maximum atomic E-state index is 13.0. The van der Waals surface area contributed by atoms with Crippen LogP contribution in [0.1, 0.15) is 54.1 Å². The molecule has 4 atom stereocenters. The van der Waals surface area contributed by atoms with Gasteiger partial charge in [-0.1, -0.05) is 6.07 Å². The average molecular weight is 527 g/mol. The Balaban J connectivity index is 1.34. The van der Waals surface area contributed by atoms with E-state index in [0.29, 0.717) is 5.56 Å². The van der Waals surface area contributed by atoms with Crippen molar-refractivity contribution in [3.63, 3.8) is 0 Å². The molecule has 3 fully saturated rings. The van der Waals surface area contributed by atoms with Crippen LogP contribution in [0.3, 0.4) is 0 Å². The number of aliphatic hydroxyl groups excluding tert-OH is 1. The Hall–Kier alpha value is -3.71. The van der Waals surface area contributed by atoms with Gasteiger partial charge in [-0.05, 0) is 55.9 Å². The number of hydrogen-bond acceptors (Lipinski definition) is 7. The van der Waals surface area contributed by atoms with Crippen molar-refractivity contribution in [1.82, 2.24) is 31.1 Å². The fraction of sp³-hybridized carbons (Fsp3) is 0.560. The van der Waals surface area contributed by atoms with Crippen molar-refractivity contribution in [2.75, 3.05) is 13.1 Å². The summed E-state index contributed by atoms with van der Waals surface area (Å²) in [6.45, 7) is 1.66. The van der Waals surface area contributed by atoms with E-state index in [0.717, 1.165) is 30.6 Å². The fourth-order valence-electron chi connectivity index (χ4n) is 6.03. The standard InChI is InChI=1S/C25H34N8O5/c1-13(28-21(36)16-7-6-14-4-2-3-5-15(14)10-16)11-33-24(27)29-17(12-32-18(34)8-9-19(32)35)20-25(33,22(37)38)31-23(26)30-20/h6-7,10,13,17,20,22,37-38H,2-5,8-9,11-12H2,1H3,(H2,27,29)(H,28,36)(H3,26,30,31)/t13?,17-,20?,25+/m0/s1. The molecule has 38 heavy (non-hydrogen) atoms. The summed E-state index contributed by atoms with van der Waals surface area (Å²) < 4.78 is 0. The summed E-state index contributed by atoms with van der Waals surface area (Å²) in [6, 6.07) is 3.53. The molecule has 0 bridgehead atoms. The summed E-state index contributed by atoms with van der Waals surface area (Å²) in [4.78, 5) is 39.9. The topological polar surface area (TPSA) is 194 Å². The van der Waals surface area contributed by atoms with Gasteiger partial charge in [0.15, 0.2) is 23.9 Å². The van der Waals surface area contributed by atoms with E-state index in [1.165, 1.54) is 16.0 Å². The molecule has 8 N–H and O–H groups in total. The summed E-state index contributed by atoms with van der Waals surface area (Å²) in [6.07, 6.45) is 2.37. The van der Waals surface area contributed by atoms with E-state index in [1.807, 2.05) is 12.1 Å². The van der Waals surface area contributed by atoms with E-state index >= 15 is 0 Å². The number of imide groups is 1. The first-order valence-electron chi connectivity index (χ1n) is 13.0. The van der Waals surface area contributed by atoms with Gasteiger partial charge in [-0.25, -0.2) is 0 Å². The van der Waals surface area contributed by atoms with Gasteiger partial charge in [0.25, 0.3) is 5.91 Å². The van der Waals surface area contributed by atoms with Gasteiger partial charge in [0.1, 0.15) is 0 Å². The molecular weight excluding hydrogens is 492 g/mol. The van der Waals surface area contributed by atoms with Crippen molar-refractivity contribution in [1.29, 1.82) is 10.8 Å². The number of rotatable bonds is 7. The molecular formula is C25H34N8O5. The number of benzene rings is 1.